The number of H-pyrrole nitrogens is 1. The molecule has 0 radical (unpaired) electrons. The minimum Gasteiger partial charge on any atom is -0.277 e. The lowest BCUT2D eigenvalue weighted by molar-refractivity contribution is 0.108. The number of hydrogen-bond donors (Lipinski definition) is 1. The van der Waals surface area contributed by atoms with Gasteiger partial charge in [-0.1, -0.05) is 0 Å². The molecule has 14 heavy (non-hydrogen) atoms. The summed E-state index contributed by atoms with van der Waals surface area (Å²) in [5, 5.41) is 5.94. The molecule has 0 aliphatic heterocycles. The van der Waals surface area contributed by atoms with Crippen LogP contribution in [0.15, 0.2) is 30.7 Å². The molecule has 2 rings (SSSR count). The Balaban J connectivity index is 2.52. The molecule has 5 heteroatoms. The first-order chi connectivity index (χ1) is 6.79. The summed E-state index contributed by atoms with van der Waals surface area (Å²) in [5.74, 6) is 0. The number of rotatable bonds is 2. The van der Waals surface area contributed by atoms with Crippen LogP contribution < -0.4 is 0 Å². The van der Waals surface area contributed by atoms with E-state index in [0.717, 1.165) is 5.56 Å². The molecular formula is C9H6ClN3O. The first-order valence-electron chi connectivity index (χ1n) is 3.92. The number of carbonyl (C=O) groups excluding carboxylic acids is 1. The van der Waals surface area contributed by atoms with E-state index in [-0.39, 0.29) is 0 Å². The maximum Gasteiger partial charge on any atom is 0.256 e. The van der Waals surface area contributed by atoms with Gasteiger partial charge in [-0.25, -0.2) is 0 Å². The predicted molar refractivity (Wildman–Crippen MR) is 52.0 cm³/mol. The molecule has 0 aliphatic rings. The van der Waals surface area contributed by atoms with E-state index in [1.165, 1.54) is 6.20 Å². The van der Waals surface area contributed by atoms with Crippen molar-refractivity contribution in [3.8, 4) is 11.3 Å². The smallest absolute Gasteiger partial charge is 0.256 e. The monoisotopic (exact) mass is 207 g/mol. The number of aromatic amines is 1. The number of nitrogens with one attached hydrogen (secondary N) is 1. The fourth-order valence-electron chi connectivity index (χ4n) is 1.17. The third-order valence-electron chi connectivity index (χ3n) is 1.80. The van der Waals surface area contributed by atoms with Gasteiger partial charge in [-0.15, -0.1) is 0 Å². The molecule has 2 aromatic heterocycles. The van der Waals surface area contributed by atoms with E-state index in [1.54, 1.807) is 18.5 Å². The summed E-state index contributed by atoms with van der Waals surface area (Å²) < 4.78 is 0. The van der Waals surface area contributed by atoms with Crippen LogP contribution in [0.2, 0.25) is 0 Å². The van der Waals surface area contributed by atoms with Gasteiger partial charge >= 0.3 is 0 Å². The van der Waals surface area contributed by atoms with Crippen molar-refractivity contribution in [2.45, 2.75) is 0 Å². The minimum atomic E-state index is -0.530. The SMILES string of the molecule is O=C(Cl)c1cn[nH]c1-c1cccnc1. The number of carbonyl (C=O) groups is 1. The van der Waals surface area contributed by atoms with Gasteiger partial charge in [0.15, 0.2) is 0 Å². The molecule has 0 bridgehead atoms. The van der Waals surface area contributed by atoms with Gasteiger partial charge in [0.25, 0.3) is 5.24 Å². The molecule has 0 fully saturated rings. The van der Waals surface area contributed by atoms with E-state index >= 15 is 0 Å². The average molecular weight is 208 g/mol. The second kappa shape index (κ2) is 3.59. The fourth-order valence-corrected chi connectivity index (χ4v) is 1.31. The molecule has 0 spiro atoms. The Morgan fingerprint density at radius 2 is 2.29 bits per heavy atom. The van der Waals surface area contributed by atoms with Crippen LogP contribution >= 0.6 is 11.6 Å². The molecule has 2 heterocycles. The highest BCUT2D eigenvalue weighted by Crippen LogP contribution is 2.20. The molecule has 0 atom stereocenters. The minimum absolute atomic E-state index is 0.361. The third kappa shape index (κ3) is 1.52. The van der Waals surface area contributed by atoms with Crippen molar-refractivity contribution in [3.63, 3.8) is 0 Å². The maximum atomic E-state index is 11.0. The largest absolute Gasteiger partial charge is 0.277 e. The lowest BCUT2D eigenvalue weighted by atomic mass is 10.1. The highest BCUT2D eigenvalue weighted by Gasteiger charge is 2.12. The molecule has 0 unspecified atom stereocenters. The van der Waals surface area contributed by atoms with Gasteiger partial charge in [-0.3, -0.25) is 14.9 Å². The number of halogens is 1. The van der Waals surface area contributed by atoms with Gasteiger partial charge in [-0.05, 0) is 23.7 Å². The van der Waals surface area contributed by atoms with Gasteiger partial charge in [0, 0.05) is 18.0 Å². The number of aromatic nitrogens is 3. The Hall–Kier alpha value is -1.68. The number of nitrogens with zero attached hydrogens (tertiary/aromatic N) is 2. The van der Waals surface area contributed by atoms with Crippen LogP contribution in [0, 0.1) is 0 Å². The Labute approximate surface area is 84.9 Å². The molecule has 70 valence electrons. The Bertz CT molecular complexity index is 452. The molecular weight excluding hydrogens is 202 g/mol. The zero-order chi connectivity index (χ0) is 9.97. The quantitative estimate of drug-likeness (QED) is 0.765. The van der Waals surface area contributed by atoms with Crippen LogP contribution in [-0.4, -0.2) is 20.4 Å². The fraction of sp³-hybridized carbons (Fsp3) is 0. The van der Waals surface area contributed by atoms with Crippen molar-refractivity contribution >= 4 is 16.8 Å². The van der Waals surface area contributed by atoms with E-state index in [0.29, 0.717) is 11.3 Å². The first kappa shape index (κ1) is 8.90. The molecule has 1 N–H and O–H groups in total. The summed E-state index contributed by atoms with van der Waals surface area (Å²) >= 11 is 5.38. The van der Waals surface area contributed by atoms with Crippen molar-refractivity contribution in [1.29, 1.82) is 0 Å². The topological polar surface area (TPSA) is 58.6 Å². The van der Waals surface area contributed by atoms with Crippen LogP contribution in [0.25, 0.3) is 11.3 Å². The molecule has 0 aromatic carbocycles. The predicted octanol–water partition coefficient (Wildman–Crippen LogP) is 1.85. The summed E-state index contributed by atoms with van der Waals surface area (Å²) in [5.41, 5.74) is 1.74. The molecule has 0 saturated carbocycles. The molecule has 4 nitrogen and oxygen atoms in total. The summed E-state index contributed by atoms with van der Waals surface area (Å²) in [6.07, 6.45) is 4.69. The lowest BCUT2D eigenvalue weighted by Crippen LogP contribution is -1.90. The van der Waals surface area contributed by atoms with E-state index in [9.17, 15) is 4.79 Å². The van der Waals surface area contributed by atoms with Gasteiger partial charge in [0.1, 0.15) is 0 Å². The van der Waals surface area contributed by atoms with Gasteiger partial charge in [0.2, 0.25) is 0 Å². The summed E-state index contributed by atoms with van der Waals surface area (Å²) in [7, 11) is 0. The van der Waals surface area contributed by atoms with Crippen molar-refractivity contribution in [2.75, 3.05) is 0 Å². The maximum absolute atomic E-state index is 11.0. The van der Waals surface area contributed by atoms with Gasteiger partial charge < -0.3 is 0 Å². The zero-order valence-electron chi connectivity index (χ0n) is 7.07. The summed E-state index contributed by atoms with van der Waals surface area (Å²) in [4.78, 5) is 14.9. The van der Waals surface area contributed by atoms with E-state index < -0.39 is 5.24 Å². The second-order valence-electron chi connectivity index (χ2n) is 2.67. The standard InChI is InChI=1S/C9H6ClN3O/c10-9(14)7-5-12-13-8(7)6-2-1-3-11-4-6/h1-5H,(H,12,13). The number of hydrogen-bond acceptors (Lipinski definition) is 3. The van der Waals surface area contributed by atoms with Crippen LogP contribution in [0.5, 0.6) is 0 Å². The number of pyridine rings is 1. The van der Waals surface area contributed by atoms with Gasteiger partial charge in [0.05, 0.1) is 17.5 Å². The van der Waals surface area contributed by atoms with E-state index in [2.05, 4.69) is 15.2 Å². The first-order valence-corrected chi connectivity index (χ1v) is 4.30. The van der Waals surface area contributed by atoms with Crippen molar-refractivity contribution in [3.05, 3.63) is 36.3 Å². The van der Waals surface area contributed by atoms with Crippen LogP contribution in [0.1, 0.15) is 10.4 Å². The second-order valence-corrected chi connectivity index (χ2v) is 3.02. The highest BCUT2D eigenvalue weighted by atomic mass is 35.5. The van der Waals surface area contributed by atoms with Crippen molar-refractivity contribution < 1.29 is 4.79 Å². The van der Waals surface area contributed by atoms with E-state index in [1.807, 2.05) is 6.07 Å². The van der Waals surface area contributed by atoms with Crippen LogP contribution in [-0.2, 0) is 0 Å². The Kier molecular flexibility index (Phi) is 2.28. The van der Waals surface area contributed by atoms with Crippen molar-refractivity contribution in [1.82, 2.24) is 15.2 Å². The van der Waals surface area contributed by atoms with Crippen molar-refractivity contribution in [2.24, 2.45) is 0 Å². The third-order valence-corrected chi connectivity index (χ3v) is 2.00. The molecule has 0 aliphatic carbocycles. The average Bonchev–Trinajstić information content (AvgIpc) is 2.67. The normalized spacial score (nSPS) is 10.1. The zero-order valence-corrected chi connectivity index (χ0v) is 7.82. The molecule has 0 amide bonds. The van der Waals surface area contributed by atoms with Gasteiger partial charge in [-0.2, -0.15) is 5.10 Å². The highest BCUT2D eigenvalue weighted by molar-refractivity contribution is 6.68. The molecule has 0 saturated heterocycles. The summed E-state index contributed by atoms with van der Waals surface area (Å²) in [6, 6.07) is 3.60. The van der Waals surface area contributed by atoms with Crippen LogP contribution in [0.3, 0.4) is 0 Å². The lowest BCUT2D eigenvalue weighted by Gasteiger charge is -1.97. The van der Waals surface area contributed by atoms with E-state index in [4.69, 9.17) is 11.6 Å². The Morgan fingerprint density at radius 3 is 2.93 bits per heavy atom. The van der Waals surface area contributed by atoms with Crippen LogP contribution in [0.4, 0.5) is 0 Å². The molecule has 2 aromatic rings. The Morgan fingerprint density at radius 1 is 1.43 bits per heavy atom. The summed E-state index contributed by atoms with van der Waals surface area (Å²) in [6.45, 7) is 0.